The molecule has 90 valence electrons. The highest BCUT2D eigenvalue weighted by atomic mass is 19.3. The fraction of sp³-hybridized carbons (Fsp3) is 0.700. The zero-order valence-corrected chi connectivity index (χ0v) is 8.90. The number of hydrogen-bond donors (Lipinski definition) is 1. The van der Waals surface area contributed by atoms with Crippen LogP contribution in [0.4, 0.5) is 14.6 Å². The average Bonchev–Trinajstić information content (AvgIpc) is 2.66. The van der Waals surface area contributed by atoms with Crippen molar-refractivity contribution in [2.75, 3.05) is 18.5 Å². The molecule has 0 saturated carbocycles. The van der Waals surface area contributed by atoms with Crippen molar-refractivity contribution in [2.24, 2.45) is 0 Å². The first-order valence-corrected chi connectivity index (χ1v) is 5.40. The molecule has 0 bridgehead atoms. The summed E-state index contributed by atoms with van der Waals surface area (Å²) < 4.78 is 30.7. The number of aromatic nitrogens is 2. The number of hydrogen-bond acceptors (Lipinski definition) is 3. The van der Waals surface area contributed by atoms with Gasteiger partial charge in [-0.25, -0.2) is 8.78 Å². The Bertz CT molecular complexity index is 324. The van der Waals surface area contributed by atoms with Gasteiger partial charge >= 0.3 is 0 Å². The van der Waals surface area contributed by atoms with Gasteiger partial charge in [0.15, 0.2) is 0 Å². The van der Waals surface area contributed by atoms with Crippen LogP contribution in [0.25, 0.3) is 0 Å². The van der Waals surface area contributed by atoms with Gasteiger partial charge in [0.1, 0.15) is 12.4 Å². The zero-order valence-electron chi connectivity index (χ0n) is 8.90. The topological polar surface area (TPSA) is 39.1 Å². The van der Waals surface area contributed by atoms with Gasteiger partial charge in [0.25, 0.3) is 6.43 Å². The largest absolute Gasteiger partial charge is 0.379 e. The van der Waals surface area contributed by atoms with Crippen LogP contribution in [0.3, 0.4) is 0 Å². The normalized spacial score (nSPS) is 21.3. The Morgan fingerprint density at radius 3 is 3.19 bits per heavy atom. The Hall–Kier alpha value is -1.17. The highest BCUT2D eigenvalue weighted by Gasteiger charge is 2.14. The maximum absolute atomic E-state index is 12.1. The van der Waals surface area contributed by atoms with Crippen LogP contribution in [0.5, 0.6) is 0 Å². The molecule has 16 heavy (non-hydrogen) atoms. The molecule has 1 saturated heterocycles. The van der Waals surface area contributed by atoms with Crippen LogP contribution in [-0.2, 0) is 11.3 Å². The van der Waals surface area contributed by atoms with E-state index >= 15 is 0 Å². The number of alkyl halides is 2. The summed E-state index contributed by atoms with van der Waals surface area (Å²) >= 11 is 0. The van der Waals surface area contributed by atoms with Crippen LogP contribution in [0.1, 0.15) is 12.8 Å². The molecule has 1 fully saturated rings. The Morgan fingerprint density at radius 1 is 1.62 bits per heavy atom. The Labute approximate surface area is 92.6 Å². The quantitative estimate of drug-likeness (QED) is 0.857. The van der Waals surface area contributed by atoms with Crippen molar-refractivity contribution in [1.82, 2.24) is 9.78 Å². The molecule has 0 radical (unpaired) electrons. The molecule has 1 atom stereocenters. The number of halogens is 2. The lowest BCUT2D eigenvalue weighted by molar-refractivity contribution is 0.0874. The minimum Gasteiger partial charge on any atom is -0.379 e. The Morgan fingerprint density at radius 2 is 2.50 bits per heavy atom. The molecule has 0 amide bonds. The van der Waals surface area contributed by atoms with Crippen molar-refractivity contribution < 1.29 is 13.5 Å². The van der Waals surface area contributed by atoms with Crippen molar-refractivity contribution in [2.45, 2.75) is 31.9 Å². The maximum atomic E-state index is 12.1. The van der Waals surface area contributed by atoms with E-state index in [9.17, 15) is 8.78 Å². The standard InChI is InChI=1S/C10H15F2N3O/c11-9(12)6-15-4-3-10(14-15)13-8-2-1-5-16-7-8/h3-4,8-9H,1-2,5-7H2,(H,13,14). The predicted octanol–water partition coefficient (Wildman–Crippen LogP) is 1.74. The molecule has 4 nitrogen and oxygen atoms in total. The van der Waals surface area contributed by atoms with Gasteiger partial charge in [-0.1, -0.05) is 0 Å². The summed E-state index contributed by atoms with van der Waals surface area (Å²) in [6, 6.07) is 1.94. The lowest BCUT2D eigenvalue weighted by Gasteiger charge is -2.22. The van der Waals surface area contributed by atoms with Gasteiger partial charge in [-0.2, -0.15) is 5.10 Å². The fourth-order valence-corrected chi connectivity index (χ4v) is 1.75. The van der Waals surface area contributed by atoms with Crippen LogP contribution >= 0.6 is 0 Å². The van der Waals surface area contributed by atoms with Gasteiger partial charge in [-0.05, 0) is 12.8 Å². The van der Waals surface area contributed by atoms with E-state index in [0.717, 1.165) is 19.4 Å². The minimum atomic E-state index is -2.37. The van der Waals surface area contributed by atoms with Crippen molar-refractivity contribution in [3.63, 3.8) is 0 Å². The molecule has 1 N–H and O–H groups in total. The summed E-state index contributed by atoms with van der Waals surface area (Å²) in [5.41, 5.74) is 0. The fourth-order valence-electron chi connectivity index (χ4n) is 1.75. The van der Waals surface area contributed by atoms with Crippen molar-refractivity contribution in [1.29, 1.82) is 0 Å². The van der Waals surface area contributed by atoms with Gasteiger partial charge in [0.05, 0.1) is 12.6 Å². The number of ether oxygens (including phenoxy) is 1. The Balaban J connectivity index is 1.86. The molecule has 1 aliphatic rings. The van der Waals surface area contributed by atoms with E-state index < -0.39 is 6.43 Å². The van der Waals surface area contributed by atoms with Crippen LogP contribution in [0.15, 0.2) is 12.3 Å². The molecule has 0 aliphatic carbocycles. The van der Waals surface area contributed by atoms with Gasteiger partial charge in [0.2, 0.25) is 0 Å². The first-order chi connectivity index (χ1) is 7.74. The monoisotopic (exact) mass is 231 g/mol. The van der Waals surface area contributed by atoms with E-state index in [1.54, 1.807) is 12.3 Å². The summed E-state index contributed by atoms with van der Waals surface area (Å²) in [5, 5.41) is 7.19. The first-order valence-electron chi connectivity index (χ1n) is 5.40. The maximum Gasteiger partial charge on any atom is 0.257 e. The number of nitrogens with zero attached hydrogens (tertiary/aromatic N) is 2. The molecule has 2 heterocycles. The molecule has 1 unspecified atom stereocenters. The second kappa shape index (κ2) is 5.25. The summed E-state index contributed by atoms with van der Waals surface area (Å²) in [7, 11) is 0. The highest BCUT2D eigenvalue weighted by Crippen LogP contribution is 2.12. The third-order valence-corrected chi connectivity index (χ3v) is 2.48. The number of rotatable bonds is 4. The van der Waals surface area contributed by atoms with E-state index in [2.05, 4.69) is 10.4 Å². The van der Waals surface area contributed by atoms with Crippen molar-refractivity contribution in [3.05, 3.63) is 12.3 Å². The summed E-state index contributed by atoms with van der Waals surface area (Å²) in [5.74, 6) is 0.635. The molecule has 2 rings (SSSR count). The molecule has 6 heteroatoms. The minimum absolute atomic E-state index is 0.239. The van der Waals surface area contributed by atoms with Gasteiger partial charge < -0.3 is 10.1 Å². The smallest absolute Gasteiger partial charge is 0.257 e. The number of anilines is 1. The lowest BCUT2D eigenvalue weighted by atomic mass is 10.1. The molecular formula is C10H15F2N3O. The zero-order chi connectivity index (χ0) is 11.4. The van der Waals surface area contributed by atoms with Crippen LogP contribution in [0.2, 0.25) is 0 Å². The predicted molar refractivity (Wildman–Crippen MR) is 55.7 cm³/mol. The van der Waals surface area contributed by atoms with Gasteiger partial charge in [-0.15, -0.1) is 0 Å². The summed E-state index contributed by atoms with van der Waals surface area (Å²) in [4.78, 5) is 0. The third kappa shape index (κ3) is 3.16. The van der Waals surface area contributed by atoms with E-state index in [0.29, 0.717) is 12.4 Å². The summed E-state index contributed by atoms with van der Waals surface area (Å²) in [6.07, 6.45) is 1.24. The second-order valence-electron chi connectivity index (χ2n) is 3.87. The average molecular weight is 231 g/mol. The Kier molecular flexibility index (Phi) is 3.71. The van der Waals surface area contributed by atoms with E-state index in [-0.39, 0.29) is 12.6 Å². The third-order valence-electron chi connectivity index (χ3n) is 2.48. The van der Waals surface area contributed by atoms with Crippen LogP contribution < -0.4 is 5.32 Å². The van der Waals surface area contributed by atoms with E-state index in [4.69, 9.17) is 4.74 Å². The van der Waals surface area contributed by atoms with Crippen molar-refractivity contribution >= 4 is 5.82 Å². The van der Waals surface area contributed by atoms with Gasteiger partial charge in [0, 0.05) is 18.9 Å². The van der Waals surface area contributed by atoms with Crippen LogP contribution in [-0.4, -0.2) is 35.5 Å². The molecule has 1 aromatic heterocycles. The number of nitrogens with one attached hydrogen (secondary N) is 1. The van der Waals surface area contributed by atoms with Crippen LogP contribution in [0, 0.1) is 0 Å². The van der Waals surface area contributed by atoms with Crippen molar-refractivity contribution in [3.8, 4) is 0 Å². The SMILES string of the molecule is FC(F)Cn1ccc(NC2CCCOC2)n1. The van der Waals surface area contributed by atoms with E-state index in [1.165, 1.54) is 4.68 Å². The molecule has 0 spiro atoms. The molecule has 1 aromatic rings. The molecular weight excluding hydrogens is 216 g/mol. The highest BCUT2D eigenvalue weighted by molar-refractivity contribution is 5.33. The van der Waals surface area contributed by atoms with E-state index in [1.807, 2.05) is 0 Å². The lowest BCUT2D eigenvalue weighted by Crippen LogP contribution is -2.30. The molecule has 1 aliphatic heterocycles. The summed E-state index contributed by atoms with van der Waals surface area (Å²) in [6.45, 7) is 1.10. The second-order valence-corrected chi connectivity index (χ2v) is 3.87. The van der Waals surface area contributed by atoms with Gasteiger partial charge in [-0.3, -0.25) is 4.68 Å². The first kappa shape index (κ1) is 11.3. The molecule has 0 aromatic carbocycles.